The van der Waals surface area contributed by atoms with Gasteiger partial charge in [0, 0.05) is 24.9 Å². The molecule has 2 aromatic rings. The number of likely N-dealkylation sites (N-methyl/N-ethyl adjacent to an activating group) is 1. The van der Waals surface area contributed by atoms with Gasteiger partial charge in [0.05, 0.1) is 0 Å². The number of fused-ring (bicyclic) bond motifs is 1. The lowest BCUT2D eigenvalue weighted by Gasteiger charge is -2.05. The summed E-state index contributed by atoms with van der Waals surface area (Å²) in [7, 11) is 0. The summed E-state index contributed by atoms with van der Waals surface area (Å²) < 4.78 is 11.0. The molecule has 0 aliphatic rings. The van der Waals surface area contributed by atoms with Gasteiger partial charge in [0.25, 0.3) is 0 Å². The fourth-order valence-electron chi connectivity index (χ4n) is 1.69. The van der Waals surface area contributed by atoms with E-state index in [1.54, 1.807) is 6.07 Å². The Kier molecular flexibility index (Phi) is 3.99. The van der Waals surface area contributed by atoms with Crippen molar-refractivity contribution in [2.24, 2.45) is 0 Å². The van der Waals surface area contributed by atoms with Gasteiger partial charge in [0.2, 0.25) is 0 Å². The van der Waals surface area contributed by atoms with Crippen LogP contribution in [-0.2, 0) is 0 Å². The van der Waals surface area contributed by atoms with Crippen molar-refractivity contribution in [2.45, 2.75) is 13.8 Å². The van der Waals surface area contributed by atoms with Crippen LogP contribution < -0.4 is 10.1 Å². The molecular formula is C14H17NO3. The number of furan rings is 1. The van der Waals surface area contributed by atoms with Gasteiger partial charge in [-0.25, -0.2) is 0 Å². The number of nitrogens with one attached hydrogen (secondary N) is 1. The van der Waals surface area contributed by atoms with Gasteiger partial charge in [0.15, 0.2) is 11.5 Å². The first-order valence-corrected chi connectivity index (χ1v) is 6.08. The predicted octanol–water partition coefficient (Wildman–Crippen LogP) is 2.62. The second-order valence-corrected chi connectivity index (χ2v) is 4.07. The minimum absolute atomic E-state index is 0.0687. The van der Waals surface area contributed by atoms with Crippen molar-refractivity contribution >= 4 is 16.8 Å². The van der Waals surface area contributed by atoms with Gasteiger partial charge >= 0.3 is 0 Å². The number of hydrogen-bond donors (Lipinski definition) is 1. The molecule has 1 aromatic carbocycles. The third-order valence-electron chi connectivity index (χ3n) is 2.64. The van der Waals surface area contributed by atoms with E-state index >= 15 is 0 Å². The number of benzene rings is 1. The molecule has 1 aromatic heterocycles. The zero-order chi connectivity index (χ0) is 13.0. The van der Waals surface area contributed by atoms with Crippen molar-refractivity contribution in [3.05, 3.63) is 30.0 Å². The van der Waals surface area contributed by atoms with Crippen LogP contribution in [-0.4, -0.2) is 25.5 Å². The van der Waals surface area contributed by atoms with E-state index in [0.717, 1.165) is 24.2 Å². The minimum atomic E-state index is -0.0687. The summed E-state index contributed by atoms with van der Waals surface area (Å²) >= 11 is 0. The molecule has 0 radical (unpaired) electrons. The van der Waals surface area contributed by atoms with Crippen molar-refractivity contribution in [2.75, 3.05) is 19.7 Å². The number of hydrogen-bond acceptors (Lipinski definition) is 4. The van der Waals surface area contributed by atoms with Crippen molar-refractivity contribution in [3.63, 3.8) is 0 Å². The average Bonchev–Trinajstić information content (AvgIpc) is 2.78. The third-order valence-corrected chi connectivity index (χ3v) is 2.64. The highest BCUT2D eigenvalue weighted by atomic mass is 16.5. The molecule has 0 saturated heterocycles. The minimum Gasteiger partial charge on any atom is -0.492 e. The highest BCUT2D eigenvalue weighted by Crippen LogP contribution is 2.24. The zero-order valence-electron chi connectivity index (χ0n) is 10.7. The van der Waals surface area contributed by atoms with Crippen LogP contribution in [0.25, 0.3) is 11.0 Å². The molecule has 2 rings (SSSR count). The Morgan fingerprint density at radius 3 is 2.94 bits per heavy atom. The first kappa shape index (κ1) is 12.6. The van der Waals surface area contributed by atoms with Gasteiger partial charge in [0.1, 0.15) is 17.9 Å². The first-order chi connectivity index (χ1) is 8.70. The number of carbonyl (C=O) groups is 1. The summed E-state index contributed by atoms with van der Waals surface area (Å²) in [5, 5.41) is 4.10. The van der Waals surface area contributed by atoms with Crippen LogP contribution in [0.5, 0.6) is 5.75 Å². The smallest absolute Gasteiger partial charge is 0.194 e. The highest BCUT2D eigenvalue weighted by molar-refractivity contribution is 5.96. The van der Waals surface area contributed by atoms with E-state index in [1.807, 2.05) is 18.2 Å². The van der Waals surface area contributed by atoms with Crippen LogP contribution in [0, 0.1) is 0 Å². The number of ether oxygens (including phenoxy) is 1. The SMILES string of the molecule is CCNCCOc1ccc2cc(C(C)=O)oc2c1. The first-order valence-electron chi connectivity index (χ1n) is 6.08. The largest absolute Gasteiger partial charge is 0.492 e. The summed E-state index contributed by atoms with van der Waals surface area (Å²) in [6.45, 7) is 5.90. The molecule has 4 heteroatoms. The van der Waals surface area contributed by atoms with Crippen molar-refractivity contribution in [3.8, 4) is 5.75 Å². The van der Waals surface area contributed by atoms with Gasteiger partial charge in [-0.15, -0.1) is 0 Å². The maximum atomic E-state index is 11.2. The Hall–Kier alpha value is -1.81. The van der Waals surface area contributed by atoms with E-state index in [2.05, 4.69) is 12.2 Å². The van der Waals surface area contributed by atoms with Crippen LogP contribution in [0.3, 0.4) is 0 Å². The number of carbonyl (C=O) groups excluding carboxylic acids is 1. The molecular weight excluding hydrogens is 230 g/mol. The van der Waals surface area contributed by atoms with Crippen LogP contribution in [0.4, 0.5) is 0 Å². The fraction of sp³-hybridized carbons (Fsp3) is 0.357. The zero-order valence-corrected chi connectivity index (χ0v) is 10.7. The topological polar surface area (TPSA) is 51.5 Å². The number of ketones is 1. The second kappa shape index (κ2) is 5.69. The molecule has 0 amide bonds. The fourth-order valence-corrected chi connectivity index (χ4v) is 1.69. The molecule has 4 nitrogen and oxygen atoms in total. The average molecular weight is 247 g/mol. The standard InChI is InChI=1S/C14H17NO3/c1-3-15-6-7-17-12-5-4-11-8-13(10(2)16)18-14(11)9-12/h4-5,8-9,15H,3,6-7H2,1-2H3. The van der Waals surface area contributed by atoms with Crippen LogP contribution in [0.2, 0.25) is 0 Å². The summed E-state index contributed by atoms with van der Waals surface area (Å²) in [6, 6.07) is 7.34. The molecule has 1 N–H and O–H groups in total. The van der Waals surface area contributed by atoms with E-state index in [-0.39, 0.29) is 5.78 Å². The molecule has 0 aliphatic heterocycles. The molecule has 1 heterocycles. The Balaban J connectivity index is 2.09. The van der Waals surface area contributed by atoms with Gasteiger partial charge in [-0.05, 0) is 24.7 Å². The molecule has 0 fully saturated rings. The van der Waals surface area contributed by atoms with Gasteiger partial charge < -0.3 is 14.5 Å². The number of rotatable bonds is 6. The van der Waals surface area contributed by atoms with Crippen LogP contribution in [0.15, 0.2) is 28.7 Å². The molecule has 0 bridgehead atoms. The normalized spacial score (nSPS) is 10.8. The summed E-state index contributed by atoms with van der Waals surface area (Å²) in [4.78, 5) is 11.2. The van der Waals surface area contributed by atoms with Gasteiger partial charge in [-0.3, -0.25) is 4.79 Å². The summed E-state index contributed by atoms with van der Waals surface area (Å²) in [5.74, 6) is 1.07. The second-order valence-electron chi connectivity index (χ2n) is 4.07. The molecule has 0 atom stereocenters. The van der Waals surface area contributed by atoms with Crippen molar-refractivity contribution in [1.82, 2.24) is 5.32 Å². The van der Waals surface area contributed by atoms with Crippen LogP contribution in [0.1, 0.15) is 24.4 Å². The lowest BCUT2D eigenvalue weighted by Crippen LogP contribution is -2.20. The third kappa shape index (κ3) is 2.90. The molecule has 0 unspecified atom stereocenters. The molecule has 18 heavy (non-hydrogen) atoms. The van der Waals surface area contributed by atoms with E-state index < -0.39 is 0 Å². The van der Waals surface area contributed by atoms with Gasteiger partial charge in [-0.2, -0.15) is 0 Å². The van der Waals surface area contributed by atoms with E-state index in [4.69, 9.17) is 9.15 Å². The lowest BCUT2D eigenvalue weighted by molar-refractivity contribution is 0.0989. The van der Waals surface area contributed by atoms with E-state index in [1.165, 1.54) is 6.92 Å². The maximum absolute atomic E-state index is 11.2. The molecule has 0 saturated carbocycles. The predicted molar refractivity (Wildman–Crippen MR) is 70.3 cm³/mol. The molecule has 0 aliphatic carbocycles. The maximum Gasteiger partial charge on any atom is 0.194 e. The van der Waals surface area contributed by atoms with E-state index in [9.17, 15) is 4.79 Å². The van der Waals surface area contributed by atoms with Crippen molar-refractivity contribution < 1.29 is 13.9 Å². The lowest BCUT2D eigenvalue weighted by atomic mass is 10.2. The Morgan fingerprint density at radius 2 is 2.22 bits per heavy atom. The van der Waals surface area contributed by atoms with Crippen LogP contribution >= 0.6 is 0 Å². The van der Waals surface area contributed by atoms with E-state index in [0.29, 0.717) is 18.0 Å². The molecule has 0 spiro atoms. The highest BCUT2D eigenvalue weighted by Gasteiger charge is 2.08. The number of Topliss-reactive ketones (excluding diaryl/α,β-unsaturated/α-hetero) is 1. The van der Waals surface area contributed by atoms with Gasteiger partial charge in [-0.1, -0.05) is 6.92 Å². The summed E-state index contributed by atoms with van der Waals surface area (Å²) in [6.07, 6.45) is 0. The Morgan fingerprint density at radius 1 is 1.39 bits per heavy atom. The Labute approximate surface area is 106 Å². The monoisotopic (exact) mass is 247 g/mol. The quantitative estimate of drug-likeness (QED) is 0.629. The molecule has 96 valence electrons. The Bertz CT molecular complexity index is 545. The summed E-state index contributed by atoms with van der Waals surface area (Å²) in [5.41, 5.74) is 0.682. The van der Waals surface area contributed by atoms with Crippen molar-refractivity contribution in [1.29, 1.82) is 0 Å².